The zero-order valence-electron chi connectivity index (χ0n) is 15.1. The SMILES string of the molecule is CCc1ccc(C(c2ccccc2C)N2CCCCC2C(=O)O)cc1. The lowest BCUT2D eigenvalue weighted by Crippen LogP contribution is -2.47. The molecule has 1 saturated heterocycles. The lowest BCUT2D eigenvalue weighted by molar-refractivity contribution is -0.145. The van der Waals surface area contributed by atoms with Gasteiger partial charge in [0, 0.05) is 0 Å². The summed E-state index contributed by atoms with van der Waals surface area (Å²) in [5, 5.41) is 9.76. The molecule has 1 heterocycles. The number of carboxylic acids is 1. The molecule has 3 heteroatoms. The normalized spacial score (nSPS) is 19.5. The number of likely N-dealkylation sites (tertiary alicyclic amines) is 1. The molecule has 2 atom stereocenters. The van der Waals surface area contributed by atoms with Crippen molar-refractivity contribution < 1.29 is 9.90 Å². The van der Waals surface area contributed by atoms with Gasteiger partial charge < -0.3 is 5.11 Å². The maximum absolute atomic E-state index is 11.9. The molecular weight excluding hydrogens is 310 g/mol. The van der Waals surface area contributed by atoms with Gasteiger partial charge in [0.25, 0.3) is 0 Å². The van der Waals surface area contributed by atoms with Crippen LogP contribution in [0.4, 0.5) is 0 Å². The van der Waals surface area contributed by atoms with Crippen LogP contribution in [0.3, 0.4) is 0 Å². The van der Waals surface area contributed by atoms with E-state index in [0.29, 0.717) is 0 Å². The van der Waals surface area contributed by atoms with Gasteiger partial charge in [0.15, 0.2) is 0 Å². The Balaban J connectivity index is 2.07. The van der Waals surface area contributed by atoms with Crippen molar-refractivity contribution in [3.05, 3.63) is 70.8 Å². The van der Waals surface area contributed by atoms with Crippen LogP contribution in [-0.4, -0.2) is 28.6 Å². The van der Waals surface area contributed by atoms with Gasteiger partial charge in [0.2, 0.25) is 0 Å². The molecule has 0 radical (unpaired) electrons. The number of rotatable bonds is 5. The van der Waals surface area contributed by atoms with Crippen molar-refractivity contribution >= 4 is 5.97 Å². The Kier molecular flexibility index (Phi) is 5.54. The molecule has 0 bridgehead atoms. The summed E-state index contributed by atoms with van der Waals surface area (Å²) in [7, 11) is 0. The van der Waals surface area contributed by atoms with Crippen molar-refractivity contribution in [2.45, 2.75) is 51.6 Å². The molecule has 2 aromatic carbocycles. The summed E-state index contributed by atoms with van der Waals surface area (Å²) in [5.74, 6) is -0.705. The average Bonchev–Trinajstić information content (AvgIpc) is 2.64. The number of aliphatic carboxylic acids is 1. The van der Waals surface area contributed by atoms with E-state index in [-0.39, 0.29) is 6.04 Å². The monoisotopic (exact) mass is 337 g/mol. The highest BCUT2D eigenvalue weighted by molar-refractivity contribution is 5.73. The highest BCUT2D eigenvalue weighted by Gasteiger charge is 2.35. The fourth-order valence-corrected chi connectivity index (χ4v) is 3.91. The molecular formula is C22H27NO2. The van der Waals surface area contributed by atoms with Gasteiger partial charge in [-0.25, -0.2) is 0 Å². The van der Waals surface area contributed by atoms with Crippen LogP contribution in [0, 0.1) is 6.92 Å². The van der Waals surface area contributed by atoms with Crippen molar-refractivity contribution in [2.24, 2.45) is 0 Å². The molecule has 0 aliphatic carbocycles. The second-order valence-electron chi connectivity index (χ2n) is 6.94. The van der Waals surface area contributed by atoms with E-state index in [1.54, 1.807) is 0 Å². The molecule has 1 aliphatic heterocycles. The second kappa shape index (κ2) is 7.83. The van der Waals surface area contributed by atoms with Gasteiger partial charge in [-0.2, -0.15) is 0 Å². The Morgan fingerprint density at radius 1 is 1.16 bits per heavy atom. The summed E-state index contributed by atoms with van der Waals surface area (Å²) in [6, 6.07) is 16.6. The number of hydrogen-bond donors (Lipinski definition) is 1. The summed E-state index contributed by atoms with van der Waals surface area (Å²) < 4.78 is 0. The first-order valence-electron chi connectivity index (χ1n) is 9.24. The first kappa shape index (κ1) is 17.7. The molecule has 3 rings (SSSR count). The molecule has 0 amide bonds. The van der Waals surface area contributed by atoms with E-state index >= 15 is 0 Å². The number of nitrogens with zero attached hydrogens (tertiary/aromatic N) is 1. The van der Waals surface area contributed by atoms with Crippen molar-refractivity contribution in [3.63, 3.8) is 0 Å². The lowest BCUT2D eigenvalue weighted by atomic mass is 9.89. The quantitative estimate of drug-likeness (QED) is 0.868. The van der Waals surface area contributed by atoms with Gasteiger partial charge in [-0.3, -0.25) is 9.69 Å². The maximum Gasteiger partial charge on any atom is 0.320 e. The molecule has 25 heavy (non-hydrogen) atoms. The van der Waals surface area contributed by atoms with Crippen LogP contribution in [0.25, 0.3) is 0 Å². The Labute approximate surface area is 150 Å². The zero-order valence-corrected chi connectivity index (χ0v) is 15.1. The topological polar surface area (TPSA) is 40.5 Å². The molecule has 2 unspecified atom stereocenters. The number of piperidine rings is 1. The predicted octanol–water partition coefficient (Wildman–Crippen LogP) is 4.59. The van der Waals surface area contributed by atoms with E-state index in [9.17, 15) is 9.90 Å². The highest BCUT2D eigenvalue weighted by Crippen LogP contribution is 2.35. The highest BCUT2D eigenvalue weighted by atomic mass is 16.4. The van der Waals surface area contributed by atoms with E-state index in [2.05, 4.69) is 61.2 Å². The van der Waals surface area contributed by atoms with Crippen LogP contribution in [0.15, 0.2) is 48.5 Å². The van der Waals surface area contributed by atoms with E-state index in [0.717, 1.165) is 32.2 Å². The van der Waals surface area contributed by atoms with Crippen LogP contribution in [0.5, 0.6) is 0 Å². The zero-order chi connectivity index (χ0) is 17.8. The number of hydrogen-bond acceptors (Lipinski definition) is 2. The van der Waals surface area contributed by atoms with Crippen LogP contribution >= 0.6 is 0 Å². The number of aryl methyl sites for hydroxylation is 2. The molecule has 0 aromatic heterocycles. The van der Waals surface area contributed by atoms with Crippen LogP contribution in [-0.2, 0) is 11.2 Å². The lowest BCUT2D eigenvalue weighted by Gasteiger charge is -2.40. The molecule has 3 nitrogen and oxygen atoms in total. The van der Waals surface area contributed by atoms with Crippen molar-refractivity contribution in [3.8, 4) is 0 Å². The summed E-state index contributed by atoms with van der Waals surface area (Å²) >= 11 is 0. The molecule has 132 valence electrons. The van der Waals surface area contributed by atoms with Crippen molar-refractivity contribution in [1.82, 2.24) is 4.90 Å². The van der Waals surface area contributed by atoms with Gasteiger partial charge in [-0.05, 0) is 55.0 Å². The number of carboxylic acid groups (broad SMARTS) is 1. The minimum absolute atomic E-state index is 0.00601. The van der Waals surface area contributed by atoms with E-state index in [1.165, 1.54) is 22.3 Å². The van der Waals surface area contributed by atoms with Crippen molar-refractivity contribution in [2.75, 3.05) is 6.54 Å². The fourth-order valence-electron chi connectivity index (χ4n) is 3.91. The van der Waals surface area contributed by atoms with Gasteiger partial charge >= 0.3 is 5.97 Å². The molecule has 1 aliphatic rings. The van der Waals surface area contributed by atoms with Crippen LogP contribution < -0.4 is 0 Å². The minimum atomic E-state index is -0.705. The Hall–Kier alpha value is -2.13. The second-order valence-corrected chi connectivity index (χ2v) is 6.94. The van der Waals surface area contributed by atoms with E-state index < -0.39 is 12.0 Å². The maximum atomic E-state index is 11.9. The summed E-state index contributed by atoms with van der Waals surface area (Å²) in [6.45, 7) is 5.09. The minimum Gasteiger partial charge on any atom is -0.480 e. The van der Waals surface area contributed by atoms with Gasteiger partial charge in [0.1, 0.15) is 6.04 Å². The summed E-state index contributed by atoms with van der Waals surface area (Å²) in [6.07, 6.45) is 3.78. The summed E-state index contributed by atoms with van der Waals surface area (Å²) in [5.41, 5.74) is 4.90. The Morgan fingerprint density at radius 3 is 2.52 bits per heavy atom. The van der Waals surface area contributed by atoms with Gasteiger partial charge in [-0.1, -0.05) is 61.9 Å². The number of benzene rings is 2. The molecule has 0 spiro atoms. The third-order valence-electron chi connectivity index (χ3n) is 5.35. The third-order valence-corrected chi connectivity index (χ3v) is 5.35. The molecule has 0 saturated carbocycles. The van der Waals surface area contributed by atoms with E-state index in [4.69, 9.17) is 0 Å². The summed E-state index contributed by atoms with van der Waals surface area (Å²) in [4.78, 5) is 14.1. The van der Waals surface area contributed by atoms with Gasteiger partial charge in [0.05, 0.1) is 6.04 Å². The third kappa shape index (κ3) is 3.77. The molecule has 1 fully saturated rings. The predicted molar refractivity (Wildman–Crippen MR) is 101 cm³/mol. The van der Waals surface area contributed by atoms with Gasteiger partial charge in [-0.15, -0.1) is 0 Å². The average molecular weight is 337 g/mol. The Morgan fingerprint density at radius 2 is 1.88 bits per heavy atom. The first-order valence-corrected chi connectivity index (χ1v) is 9.24. The Bertz CT molecular complexity index is 723. The fraction of sp³-hybridized carbons (Fsp3) is 0.409. The standard InChI is InChI=1S/C22H27NO2/c1-3-17-11-13-18(14-12-17)21(19-9-5-4-8-16(19)2)23-15-7-6-10-20(23)22(24)25/h4-5,8-9,11-14,20-21H,3,6-7,10,15H2,1-2H3,(H,24,25). The molecule has 2 aromatic rings. The van der Waals surface area contributed by atoms with Crippen LogP contribution in [0.2, 0.25) is 0 Å². The number of carbonyl (C=O) groups is 1. The van der Waals surface area contributed by atoms with E-state index in [1.807, 2.05) is 6.07 Å². The first-order chi connectivity index (χ1) is 12.1. The largest absolute Gasteiger partial charge is 0.480 e. The smallest absolute Gasteiger partial charge is 0.320 e. The van der Waals surface area contributed by atoms with Crippen molar-refractivity contribution in [1.29, 1.82) is 0 Å². The molecule has 1 N–H and O–H groups in total. The van der Waals surface area contributed by atoms with Crippen LogP contribution in [0.1, 0.15) is 54.5 Å².